The van der Waals surface area contributed by atoms with Gasteiger partial charge in [-0.2, -0.15) is 0 Å². The maximum absolute atomic E-state index is 12.9. The zero-order valence-electron chi connectivity index (χ0n) is 16.2. The lowest BCUT2D eigenvalue weighted by molar-refractivity contribution is 0.0684. The van der Waals surface area contributed by atoms with Crippen LogP contribution in [-0.4, -0.2) is 63.8 Å². The molecule has 4 rings (SSSR count). The number of imidazole rings is 1. The molecule has 4 heterocycles. The molecule has 152 valence electrons. The summed E-state index contributed by atoms with van der Waals surface area (Å²) in [5, 5.41) is 0. The molecule has 1 fully saturated rings. The molecule has 3 aromatic rings. The van der Waals surface area contributed by atoms with E-state index in [0.29, 0.717) is 36.4 Å². The molecule has 1 aliphatic heterocycles. The van der Waals surface area contributed by atoms with Crippen molar-refractivity contribution in [2.24, 2.45) is 5.92 Å². The second-order valence-corrected chi connectivity index (χ2v) is 9.84. The molecule has 9 heteroatoms. The second kappa shape index (κ2) is 7.90. The first-order chi connectivity index (χ1) is 13.9. The van der Waals surface area contributed by atoms with Gasteiger partial charge >= 0.3 is 0 Å². The third-order valence-electron chi connectivity index (χ3n) is 5.12. The molecule has 1 aliphatic rings. The predicted molar refractivity (Wildman–Crippen MR) is 109 cm³/mol. The number of piperidine rings is 1. The fourth-order valence-electron chi connectivity index (χ4n) is 3.87. The molecule has 0 N–H and O–H groups in total. The van der Waals surface area contributed by atoms with E-state index in [1.807, 2.05) is 16.7 Å². The molecule has 0 bridgehead atoms. The van der Waals surface area contributed by atoms with Crippen molar-refractivity contribution in [2.45, 2.75) is 19.4 Å². The summed E-state index contributed by atoms with van der Waals surface area (Å²) in [6.07, 6.45) is 9.69. The molecule has 1 unspecified atom stereocenters. The highest BCUT2D eigenvalue weighted by Gasteiger charge is 2.27. The van der Waals surface area contributed by atoms with Crippen LogP contribution < -0.4 is 0 Å². The zero-order chi connectivity index (χ0) is 20.4. The van der Waals surface area contributed by atoms with Crippen LogP contribution in [0.4, 0.5) is 0 Å². The third kappa shape index (κ3) is 4.61. The van der Waals surface area contributed by atoms with E-state index in [0.717, 1.165) is 18.4 Å². The molecule has 0 saturated carbocycles. The van der Waals surface area contributed by atoms with Gasteiger partial charge in [-0.05, 0) is 36.5 Å². The maximum Gasteiger partial charge on any atom is 0.255 e. The van der Waals surface area contributed by atoms with Crippen molar-refractivity contribution >= 4 is 26.9 Å². The highest BCUT2D eigenvalue weighted by atomic mass is 32.2. The molecule has 0 spiro atoms. The van der Waals surface area contributed by atoms with Crippen LogP contribution in [0.25, 0.3) is 11.2 Å². The van der Waals surface area contributed by atoms with Crippen LogP contribution >= 0.6 is 0 Å². The fourth-order valence-corrected chi connectivity index (χ4v) is 4.99. The van der Waals surface area contributed by atoms with Crippen molar-refractivity contribution in [1.82, 2.24) is 24.4 Å². The van der Waals surface area contributed by atoms with Crippen LogP contribution in [0.3, 0.4) is 0 Å². The normalized spacial score (nSPS) is 17.6. The minimum absolute atomic E-state index is 0.0157. The molecule has 1 atom stereocenters. The van der Waals surface area contributed by atoms with E-state index >= 15 is 0 Å². The van der Waals surface area contributed by atoms with Gasteiger partial charge in [-0.25, -0.2) is 18.4 Å². The third-order valence-corrected chi connectivity index (χ3v) is 6.20. The largest absolute Gasteiger partial charge is 0.338 e. The number of fused-ring (bicyclic) bond motifs is 1. The summed E-state index contributed by atoms with van der Waals surface area (Å²) >= 11 is 0. The second-order valence-electron chi connectivity index (χ2n) is 7.65. The molecule has 0 radical (unpaired) electrons. The Bertz CT molecular complexity index is 1130. The summed E-state index contributed by atoms with van der Waals surface area (Å²) in [5.41, 5.74) is 2.88. The highest BCUT2D eigenvalue weighted by molar-refractivity contribution is 7.90. The molecular weight excluding hydrogens is 390 g/mol. The Morgan fingerprint density at radius 3 is 2.90 bits per heavy atom. The van der Waals surface area contributed by atoms with Crippen LogP contribution in [0.2, 0.25) is 0 Å². The Morgan fingerprint density at radius 2 is 2.14 bits per heavy atom. The van der Waals surface area contributed by atoms with Gasteiger partial charge in [0.25, 0.3) is 5.91 Å². The number of hydrogen-bond acceptors (Lipinski definition) is 6. The van der Waals surface area contributed by atoms with Gasteiger partial charge < -0.3 is 9.47 Å². The SMILES string of the molecule is CS(=O)(=O)CC1CCCN(C(=O)c2cnc3c(c2)ncn3Cc2cccnc2)C1. The van der Waals surface area contributed by atoms with Crippen LogP contribution in [0.1, 0.15) is 28.8 Å². The van der Waals surface area contributed by atoms with Crippen molar-refractivity contribution in [1.29, 1.82) is 0 Å². The Morgan fingerprint density at radius 1 is 1.28 bits per heavy atom. The molecular formula is C20H23N5O3S. The molecule has 3 aromatic heterocycles. The topological polar surface area (TPSA) is 98.0 Å². The van der Waals surface area contributed by atoms with Crippen LogP contribution in [0.5, 0.6) is 0 Å². The van der Waals surface area contributed by atoms with E-state index in [1.165, 1.54) is 6.26 Å². The average molecular weight is 414 g/mol. The highest BCUT2D eigenvalue weighted by Crippen LogP contribution is 2.21. The summed E-state index contributed by atoms with van der Waals surface area (Å²) < 4.78 is 25.1. The number of carbonyl (C=O) groups is 1. The molecule has 29 heavy (non-hydrogen) atoms. The first-order valence-electron chi connectivity index (χ1n) is 9.56. The minimum Gasteiger partial charge on any atom is -0.338 e. The Kier molecular flexibility index (Phi) is 5.31. The standard InChI is InChI=1S/C20H23N5O3S/c1-29(27,28)13-16-5-3-7-24(12-16)20(26)17-8-18-19(22-10-17)25(14-23-18)11-15-4-2-6-21-9-15/h2,4,6,8-10,14,16H,3,5,7,11-13H2,1H3. The summed E-state index contributed by atoms with van der Waals surface area (Å²) in [7, 11) is -3.06. The smallest absolute Gasteiger partial charge is 0.255 e. The van der Waals surface area contributed by atoms with Gasteiger partial charge in [-0.1, -0.05) is 6.07 Å². The minimum atomic E-state index is -3.06. The van der Waals surface area contributed by atoms with Crippen molar-refractivity contribution < 1.29 is 13.2 Å². The van der Waals surface area contributed by atoms with Crippen LogP contribution in [-0.2, 0) is 16.4 Å². The average Bonchev–Trinajstić information content (AvgIpc) is 3.09. The molecule has 1 saturated heterocycles. The van der Waals surface area contributed by atoms with E-state index in [1.54, 1.807) is 35.9 Å². The van der Waals surface area contributed by atoms with Gasteiger partial charge in [-0.3, -0.25) is 9.78 Å². The predicted octanol–water partition coefficient (Wildman–Crippen LogP) is 1.77. The van der Waals surface area contributed by atoms with Crippen LogP contribution in [0.15, 0.2) is 43.1 Å². The van der Waals surface area contributed by atoms with Crippen molar-refractivity contribution in [3.8, 4) is 0 Å². The lowest BCUT2D eigenvalue weighted by atomic mass is 9.99. The van der Waals surface area contributed by atoms with Gasteiger partial charge in [0.15, 0.2) is 5.65 Å². The number of amides is 1. The monoisotopic (exact) mass is 413 g/mol. The molecule has 1 amide bonds. The van der Waals surface area contributed by atoms with Gasteiger partial charge in [0.2, 0.25) is 0 Å². The quantitative estimate of drug-likeness (QED) is 0.632. The van der Waals surface area contributed by atoms with Crippen molar-refractivity contribution in [3.63, 3.8) is 0 Å². The Balaban J connectivity index is 1.51. The van der Waals surface area contributed by atoms with Crippen LogP contribution in [0, 0.1) is 5.92 Å². The summed E-state index contributed by atoms with van der Waals surface area (Å²) in [6, 6.07) is 5.62. The van der Waals surface area contributed by atoms with Crippen molar-refractivity contribution in [3.05, 3.63) is 54.2 Å². The summed E-state index contributed by atoms with van der Waals surface area (Å²) in [5.74, 6) is -0.0233. The lowest BCUT2D eigenvalue weighted by Crippen LogP contribution is -2.41. The fraction of sp³-hybridized carbons (Fsp3) is 0.400. The molecule has 8 nitrogen and oxygen atoms in total. The van der Waals surface area contributed by atoms with E-state index in [4.69, 9.17) is 0 Å². The Labute approximate surface area is 169 Å². The zero-order valence-corrected chi connectivity index (χ0v) is 17.0. The van der Waals surface area contributed by atoms with Crippen molar-refractivity contribution in [2.75, 3.05) is 25.1 Å². The maximum atomic E-state index is 12.9. The lowest BCUT2D eigenvalue weighted by Gasteiger charge is -2.32. The van der Waals surface area contributed by atoms with Gasteiger partial charge in [0, 0.05) is 37.9 Å². The molecule has 0 aromatic carbocycles. The number of hydrogen-bond donors (Lipinski definition) is 0. The van der Waals surface area contributed by atoms with Gasteiger partial charge in [0.1, 0.15) is 15.4 Å². The number of nitrogens with zero attached hydrogens (tertiary/aromatic N) is 5. The van der Waals surface area contributed by atoms with E-state index in [2.05, 4.69) is 15.0 Å². The van der Waals surface area contributed by atoms with E-state index in [9.17, 15) is 13.2 Å². The number of aromatic nitrogens is 4. The summed E-state index contributed by atoms with van der Waals surface area (Å²) in [4.78, 5) is 27.7. The summed E-state index contributed by atoms with van der Waals surface area (Å²) in [6.45, 7) is 1.69. The number of sulfone groups is 1. The first kappa shape index (κ1) is 19.5. The number of likely N-dealkylation sites (tertiary alicyclic amines) is 1. The van der Waals surface area contributed by atoms with Gasteiger partial charge in [-0.15, -0.1) is 0 Å². The van der Waals surface area contributed by atoms with E-state index in [-0.39, 0.29) is 17.6 Å². The molecule has 0 aliphatic carbocycles. The van der Waals surface area contributed by atoms with Gasteiger partial charge in [0.05, 0.1) is 24.2 Å². The first-order valence-corrected chi connectivity index (χ1v) is 11.6. The Hall–Kier alpha value is -2.81. The van der Waals surface area contributed by atoms with E-state index < -0.39 is 9.84 Å². The number of carbonyl (C=O) groups excluding carboxylic acids is 1. The number of pyridine rings is 2. The number of rotatable bonds is 5.